The maximum atomic E-state index is 6.94. The summed E-state index contributed by atoms with van der Waals surface area (Å²) in [6.07, 6.45) is 14.7. The molecule has 1 aliphatic carbocycles. The Labute approximate surface area is 274 Å². The van der Waals surface area contributed by atoms with Crippen molar-refractivity contribution in [3.63, 3.8) is 0 Å². The predicted octanol–water partition coefficient (Wildman–Crippen LogP) is 11.1. The first-order chi connectivity index (χ1) is 18.4. The van der Waals surface area contributed by atoms with Gasteiger partial charge in [-0.05, 0) is 27.3 Å². The number of hydrogen-bond acceptors (Lipinski definition) is 0. The minimum absolute atomic E-state index is 0. The molecule has 0 fully saturated rings. The summed E-state index contributed by atoms with van der Waals surface area (Å²) >= 11 is 0. The molecule has 1 aliphatic rings. The van der Waals surface area contributed by atoms with Crippen molar-refractivity contribution in [1.82, 2.24) is 0 Å². The molecule has 1 nitrogen and oxygen atoms in total. The van der Waals surface area contributed by atoms with Crippen LogP contribution in [0, 0.1) is 20.9 Å². The maximum Gasteiger partial charge on any atom is 4.00 e. The van der Waals surface area contributed by atoms with Gasteiger partial charge in [-0.25, -0.2) is 6.08 Å². The van der Waals surface area contributed by atoms with Crippen molar-refractivity contribution >= 4 is 50.7 Å². The molecule has 0 saturated heterocycles. The number of nitrogens with one attached hydrogen (secondary N) is 1. The maximum absolute atomic E-state index is 6.94. The van der Waals surface area contributed by atoms with Gasteiger partial charge in [0.1, 0.15) is 0 Å². The molecule has 0 heterocycles. The van der Waals surface area contributed by atoms with E-state index in [4.69, 9.17) is 5.73 Å². The molecule has 0 atom stereocenters. The topological polar surface area (TPSA) is 23.8 Å². The van der Waals surface area contributed by atoms with E-state index < -0.39 is 0 Å². The largest absolute Gasteiger partial charge is 4.00 e. The molecular formula is C39H41NSiTi. The van der Waals surface area contributed by atoms with Gasteiger partial charge in [-0.1, -0.05) is 160 Å². The summed E-state index contributed by atoms with van der Waals surface area (Å²) in [4.78, 5) is 0. The Kier molecular flexibility index (Phi) is 17.5. The number of allylic oxidation sites excluding steroid dienone is 3. The van der Waals surface area contributed by atoms with E-state index in [0.717, 1.165) is 6.42 Å². The van der Waals surface area contributed by atoms with Gasteiger partial charge in [-0.15, -0.1) is 17.5 Å². The molecule has 210 valence electrons. The second-order valence-corrected chi connectivity index (χ2v) is 10.3. The molecule has 0 bridgehead atoms. The molecule has 0 amide bonds. The zero-order valence-electron chi connectivity index (χ0n) is 25.5. The van der Waals surface area contributed by atoms with Gasteiger partial charge in [-0.3, -0.25) is 6.08 Å². The van der Waals surface area contributed by atoms with Gasteiger partial charge in [0.05, 0.1) is 0 Å². The second-order valence-electron chi connectivity index (χ2n) is 10.3. The molecule has 0 unspecified atom stereocenters. The fourth-order valence-electron chi connectivity index (χ4n) is 4.21. The van der Waals surface area contributed by atoms with Crippen molar-refractivity contribution in [2.45, 2.75) is 32.7 Å². The van der Waals surface area contributed by atoms with Crippen LogP contribution in [0.4, 0.5) is 0 Å². The fraction of sp³-hybridized carbons (Fsp3) is 0.128. The summed E-state index contributed by atoms with van der Waals surface area (Å²) in [6, 6.07) is 38.1. The average Bonchev–Trinajstić information content (AvgIpc) is 3.41. The molecule has 3 heteroatoms. The van der Waals surface area contributed by atoms with Gasteiger partial charge in [0.2, 0.25) is 0 Å². The van der Waals surface area contributed by atoms with Crippen LogP contribution < -0.4 is 0 Å². The van der Waals surface area contributed by atoms with E-state index in [1.165, 1.54) is 43.8 Å². The SMILES string of the molecule is C(C=Cc1ccccc1)=Cc1ccccc1.CC(C)(C)[NH-].[C-]1=Cc2c(ccc3c2ccc2ccccc23)C1.[CH3-].[CH3-].[Si].[Ti+4]. The molecule has 5 aromatic rings. The fourth-order valence-corrected chi connectivity index (χ4v) is 4.21. The zero-order chi connectivity index (χ0) is 26.8. The zero-order valence-corrected chi connectivity index (χ0v) is 28.0. The summed E-state index contributed by atoms with van der Waals surface area (Å²) in [6.45, 7) is 5.56. The van der Waals surface area contributed by atoms with Gasteiger partial charge in [0, 0.05) is 11.0 Å². The van der Waals surface area contributed by atoms with Gasteiger partial charge in [0.25, 0.3) is 0 Å². The van der Waals surface area contributed by atoms with Crippen molar-refractivity contribution in [1.29, 1.82) is 0 Å². The number of rotatable bonds is 3. The minimum atomic E-state index is -0.250. The van der Waals surface area contributed by atoms with E-state index in [2.05, 4.69) is 109 Å². The summed E-state index contributed by atoms with van der Waals surface area (Å²) in [5, 5.41) is 5.35. The van der Waals surface area contributed by atoms with E-state index in [1.807, 2.05) is 57.2 Å². The minimum Gasteiger partial charge on any atom is -0.673 e. The summed E-state index contributed by atoms with van der Waals surface area (Å²) in [5.41, 5.74) is 11.9. The third-order valence-electron chi connectivity index (χ3n) is 5.88. The molecule has 4 radical (unpaired) electrons. The molecule has 0 spiro atoms. The van der Waals surface area contributed by atoms with Crippen LogP contribution in [0.1, 0.15) is 43.0 Å². The Morgan fingerprint density at radius 3 is 1.64 bits per heavy atom. The molecule has 1 N–H and O–H groups in total. The first-order valence-electron chi connectivity index (χ1n) is 13.1. The average molecular weight is 600 g/mol. The van der Waals surface area contributed by atoms with Crippen LogP contribution in [-0.4, -0.2) is 16.5 Å². The van der Waals surface area contributed by atoms with Crippen LogP contribution in [0.25, 0.3) is 45.5 Å². The summed E-state index contributed by atoms with van der Waals surface area (Å²) in [5.74, 6) is 0. The Hall–Kier alpha value is -3.27. The molecule has 0 saturated carbocycles. The quantitative estimate of drug-likeness (QED) is 0.0853. The first kappa shape index (κ1) is 38.7. The Morgan fingerprint density at radius 2 is 1.10 bits per heavy atom. The van der Waals surface area contributed by atoms with Gasteiger partial charge in [0.15, 0.2) is 0 Å². The van der Waals surface area contributed by atoms with Crippen LogP contribution in [0.3, 0.4) is 0 Å². The Morgan fingerprint density at radius 1 is 0.619 bits per heavy atom. The second kappa shape index (κ2) is 19.0. The number of benzene rings is 5. The molecule has 6 rings (SSSR count). The molecule has 0 aromatic heterocycles. The standard InChI is InChI=1S/C17H11.C16H14.C4H10N.2CH3.Si.Ti/c1-2-6-14-12(4-1)8-10-17-15-7-3-5-13(15)9-11-16(14)17;1-3-9-15(10-4-1)13-7-8-14-16-11-5-2-6-12-16;1-4(2,3)5;;;;/h1-2,4,6-11H,5H2;1-14H;5H,1-3H3;2*1H3;;/q-1;;3*-1;;+4. The molecule has 5 aromatic carbocycles. The van der Waals surface area contributed by atoms with Crippen molar-refractivity contribution in [2.75, 3.05) is 0 Å². The van der Waals surface area contributed by atoms with E-state index in [9.17, 15) is 0 Å². The number of fused-ring (bicyclic) bond motifs is 5. The van der Waals surface area contributed by atoms with Crippen molar-refractivity contribution < 1.29 is 21.7 Å². The van der Waals surface area contributed by atoms with E-state index in [-0.39, 0.29) is 53.1 Å². The predicted molar refractivity (Wildman–Crippen MR) is 186 cm³/mol. The molecular weight excluding hydrogens is 558 g/mol. The Bertz CT molecular complexity index is 1510. The first-order valence-corrected chi connectivity index (χ1v) is 13.1. The number of hydrogen-bond donors (Lipinski definition) is 0. The van der Waals surface area contributed by atoms with Crippen LogP contribution in [0.5, 0.6) is 0 Å². The van der Waals surface area contributed by atoms with E-state index >= 15 is 0 Å². The summed E-state index contributed by atoms with van der Waals surface area (Å²) < 4.78 is 0. The third kappa shape index (κ3) is 11.9. The van der Waals surface area contributed by atoms with E-state index in [1.54, 1.807) is 0 Å². The van der Waals surface area contributed by atoms with Crippen LogP contribution >= 0.6 is 0 Å². The van der Waals surface area contributed by atoms with Gasteiger partial charge < -0.3 is 20.6 Å². The van der Waals surface area contributed by atoms with Crippen molar-refractivity contribution in [2.24, 2.45) is 0 Å². The normalized spacial score (nSPS) is 11.1. The van der Waals surface area contributed by atoms with Crippen LogP contribution in [0.15, 0.2) is 121 Å². The van der Waals surface area contributed by atoms with Crippen LogP contribution in [-0.2, 0) is 28.1 Å². The Balaban J connectivity index is 0.000000640. The van der Waals surface area contributed by atoms with Crippen LogP contribution in [0.2, 0.25) is 0 Å². The van der Waals surface area contributed by atoms with Gasteiger partial charge in [-0.2, -0.15) is 5.56 Å². The molecule has 42 heavy (non-hydrogen) atoms. The van der Waals surface area contributed by atoms with E-state index in [0.29, 0.717) is 0 Å². The monoisotopic (exact) mass is 599 g/mol. The van der Waals surface area contributed by atoms with Crippen molar-refractivity contribution in [3.05, 3.63) is 170 Å². The smallest absolute Gasteiger partial charge is 0.673 e. The third-order valence-corrected chi connectivity index (χ3v) is 5.88. The summed E-state index contributed by atoms with van der Waals surface area (Å²) in [7, 11) is 0. The van der Waals surface area contributed by atoms with Crippen molar-refractivity contribution in [3.8, 4) is 0 Å². The van der Waals surface area contributed by atoms with Gasteiger partial charge >= 0.3 is 21.7 Å². The molecule has 0 aliphatic heterocycles.